The summed E-state index contributed by atoms with van der Waals surface area (Å²) in [6, 6.07) is 13.1. The van der Waals surface area contributed by atoms with Gasteiger partial charge in [0.05, 0.1) is 0 Å². The number of aryl methyl sites for hydroxylation is 1. The van der Waals surface area contributed by atoms with Crippen LogP contribution in [0.2, 0.25) is 5.02 Å². The van der Waals surface area contributed by atoms with Gasteiger partial charge < -0.3 is 15.2 Å². The fourth-order valence-electron chi connectivity index (χ4n) is 2.55. The number of nitrogens with zero attached hydrogens (tertiary/aromatic N) is 2. The van der Waals surface area contributed by atoms with Crippen molar-refractivity contribution < 1.29 is 0 Å². The molecular formula is C19H26ClIN4O. The first kappa shape index (κ1) is 22.5. The van der Waals surface area contributed by atoms with E-state index in [9.17, 15) is 4.79 Å². The molecule has 2 N–H and O–H groups in total. The SMILES string of the molecule is CN=C(NCCCCn1c(C)cccc1=O)NCc1ccccc1Cl.I. The summed E-state index contributed by atoms with van der Waals surface area (Å²) in [5.74, 6) is 0.743. The summed E-state index contributed by atoms with van der Waals surface area (Å²) in [7, 11) is 1.74. The Bertz CT molecular complexity index is 776. The van der Waals surface area contributed by atoms with Gasteiger partial charge in [0.15, 0.2) is 5.96 Å². The van der Waals surface area contributed by atoms with Crippen LogP contribution in [0.4, 0.5) is 0 Å². The molecule has 0 fully saturated rings. The van der Waals surface area contributed by atoms with Crippen LogP contribution in [-0.2, 0) is 13.1 Å². The predicted octanol–water partition coefficient (Wildman–Crippen LogP) is 3.57. The van der Waals surface area contributed by atoms with E-state index in [-0.39, 0.29) is 29.5 Å². The number of aliphatic imine (C=N–C) groups is 1. The molecule has 0 bridgehead atoms. The molecule has 0 saturated carbocycles. The number of nitrogens with one attached hydrogen (secondary N) is 2. The number of hydrogen-bond donors (Lipinski definition) is 2. The average Bonchev–Trinajstić information content (AvgIpc) is 2.60. The molecule has 0 aliphatic heterocycles. The van der Waals surface area contributed by atoms with Crippen LogP contribution in [0.1, 0.15) is 24.1 Å². The lowest BCUT2D eigenvalue weighted by atomic mass is 10.2. The molecule has 0 atom stereocenters. The van der Waals surface area contributed by atoms with Gasteiger partial charge in [-0.25, -0.2) is 0 Å². The fraction of sp³-hybridized carbons (Fsp3) is 0.368. The normalized spacial score (nSPS) is 11.0. The number of rotatable bonds is 7. The van der Waals surface area contributed by atoms with Crippen molar-refractivity contribution in [1.29, 1.82) is 0 Å². The third-order valence-corrected chi connectivity index (χ3v) is 4.37. The van der Waals surface area contributed by atoms with Crippen molar-refractivity contribution in [1.82, 2.24) is 15.2 Å². The van der Waals surface area contributed by atoms with Gasteiger partial charge in [-0.15, -0.1) is 24.0 Å². The Labute approximate surface area is 176 Å². The van der Waals surface area contributed by atoms with E-state index in [1.165, 1.54) is 0 Å². The van der Waals surface area contributed by atoms with E-state index in [2.05, 4.69) is 15.6 Å². The molecule has 5 nitrogen and oxygen atoms in total. The minimum absolute atomic E-state index is 0. The molecule has 1 aromatic carbocycles. The van der Waals surface area contributed by atoms with Crippen molar-refractivity contribution in [2.24, 2.45) is 4.99 Å². The van der Waals surface area contributed by atoms with E-state index in [1.54, 1.807) is 19.2 Å². The largest absolute Gasteiger partial charge is 0.356 e. The third-order valence-electron chi connectivity index (χ3n) is 4.00. The first-order chi connectivity index (χ1) is 12.1. The lowest BCUT2D eigenvalue weighted by Crippen LogP contribution is -2.37. The molecular weight excluding hydrogens is 463 g/mol. The van der Waals surface area contributed by atoms with E-state index >= 15 is 0 Å². The molecule has 2 aromatic rings. The number of pyridine rings is 1. The summed E-state index contributed by atoms with van der Waals surface area (Å²) in [4.78, 5) is 16.0. The van der Waals surface area contributed by atoms with Crippen LogP contribution in [0.3, 0.4) is 0 Å². The van der Waals surface area contributed by atoms with Crippen LogP contribution in [-0.4, -0.2) is 24.1 Å². The lowest BCUT2D eigenvalue weighted by Gasteiger charge is -2.13. The summed E-state index contributed by atoms with van der Waals surface area (Å²) in [5, 5.41) is 7.28. The molecule has 0 aliphatic carbocycles. The molecule has 2 rings (SSSR count). The van der Waals surface area contributed by atoms with E-state index in [1.807, 2.05) is 41.8 Å². The molecule has 0 spiro atoms. The van der Waals surface area contributed by atoms with Crippen molar-refractivity contribution in [2.75, 3.05) is 13.6 Å². The Kier molecular flexibility index (Phi) is 10.3. The quantitative estimate of drug-likeness (QED) is 0.271. The van der Waals surface area contributed by atoms with Gasteiger partial charge >= 0.3 is 0 Å². The zero-order chi connectivity index (χ0) is 18.1. The average molecular weight is 489 g/mol. The number of halogens is 2. The van der Waals surface area contributed by atoms with Gasteiger partial charge in [-0.2, -0.15) is 0 Å². The van der Waals surface area contributed by atoms with E-state index in [0.717, 1.165) is 48.2 Å². The van der Waals surface area contributed by atoms with Gasteiger partial charge in [-0.3, -0.25) is 9.79 Å². The summed E-state index contributed by atoms with van der Waals surface area (Å²) < 4.78 is 1.81. The van der Waals surface area contributed by atoms with Crippen molar-refractivity contribution in [2.45, 2.75) is 32.9 Å². The van der Waals surface area contributed by atoms with Gasteiger partial charge in [-0.1, -0.05) is 35.9 Å². The smallest absolute Gasteiger partial charge is 0.250 e. The second-order valence-electron chi connectivity index (χ2n) is 5.81. The number of aromatic nitrogens is 1. The van der Waals surface area contributed by atoms with Gasteiger partial charge in [0.1, 0.15) is 0 Å². The monoisotopic (exact) mass is 488 g/mol. The van der Waals surface area contributed by atoms with Crippen LogP contribution in [0, 0.1) is 6.92 Å². The summed E-state index contributed by atoms with van der Waals surface area (Å²) in [5.41, 5.74) is 2.09. The van der Waals surface area contributed by atoms with Gasteiger partial charge in [0.2, 0.25) is 0 Å². The second-order valence-corrected chi connectivity index (χ2v) is 6.22. The molecule has 1 heterocycles. The maximum atomic E-state index is 11.8. The van der Waals surface area contributed by atoms with Crippen molar-refractivity contribution in [3.63, 3.8) is 0 Å². The van der Waals surface area contributed by atoms with Crippen molar-refractivity contribution in [3.8, 4) is 0 Å². The standard InChI is InChI=1S/C19H25ClN4O.HI/c1-15-8-7-11-18(25)24(15)13-6-5-12-22-19(21-2)23-14-16-9-3-4-10-17(16)20;/h3-4,7-11H,5-6,12-14H2,1-2H3,(H2,21,22,23);1H. The third kappa shape index (κ3) is 6.99. The minimum Gasteiger partial charge on any atom is -0.356 e. The number of hydrogen-bond acceptors (Lipinski definition) is 2. The van der Waals surface area contributed by atoms with Crippen LogP contribution in [0.5, 0.6) is 0 Å². The Balaban J connectivity index is 0.00000338. The second kappa shape index (κ2) is 12.0. The van der Waals surface area contributed by atoms with Crippen molar-refractivity contribution >= 4 is 41.5 Å². The molecule has 0 aliphatic rings. The molecule has 7 heteroatoms. The highest BCUT2D eigenvalue weighted by molar-refractivity contribution is 14.0. The Morgan fingerprint density at radius 1 is 1.12 bits per heavy atom. The highest BCUT2D eigenvalue weighted by Gasteiger charge is 2.02. The topological polar surface area (TPSA) is 58.4 Å². The number of benzene rings is 1. The predicted molar refractivity (Wildman–Crippen MR) is 120 cm³/mol. The van der Waals surface area contributed by atoms with E-state index in [4.69, 9.17) is 11.6 Å². The molecule has 0 unspecified atom stereocenters. The van der Waals surface area contributed by atoms with Crippen molar-refractivity contribution in [3.05, 3.63) is 69.1 Å². The van der Waals surface area contributed by atoms with Crippen LogP contribution < -0.4 is 16.2 Å². The highest BCUT2D eigenvalue weighted by Crippen LogP contribution is 2.14. The first-order valence-electron chi connectivity index (χ1n) is 8.46. The van der Waals surface area contributed by atoms with E-state index < -0.39 is 0 Å². The zero-order valence-corrected chi connectivity index (χ0v) is 18.3. The first-order valence-corrected chi connectivity index (χ1v) is 8.84. The molecule has 1 aromatic heterocycles. The fourth-order valence-corrected chi connectivity index (χ4v) is 2.76. The summed E-state index contributed by atoms with van der Waals surface area (Å²) in [6.45, 7) is 4.11. The molecule has 0 amide bonds. The van der Waals surface area contributed by atoms with Crippen LogP contribution in [0.15, 0.2) is 52.3 Å². The Hall–Kier alpha value is -1.54. The molecule has 142 valence electrons. The minimum atomic E-state index is 0. The molecule has 26 heavy (non-hydrogen) atoms. The van der Waals surface area contributed by atoms with Crippen LogP contribution >= 0.6 is 35.6 Å². The Morgan fingerprint density at radius 2 is 1.88 bits per heavy atom. The maximum absolute atomic E-state index is 11.8. The maximum Gasteiger partial charge on any atom is 0.250 e. The van der Waals surface area contributed by atoms with E-state index in [0.29, 0.717) is 6.54 Å². The highest BCUT2D eigenvalue weighted by atomic mass is 127. The van der Waals surface area contributed by atoms with Crippen LogP contribution in [0.25, 0.3) is 0 Å². The summed E-state index contributed by atoms with van der Waals surface area (Å²) >= 11 is 6.15. The molecule has 0 radical (unpaired) electrons. The van der Waals surface area contributed by atoms with Gasteiger partial charge in [-0.05, 0) is 37.5 Å². The summed E-state index contributed by atoms with van der Waals surface area (Å²) in [6.07, 6.45) is 1.88. The molecule has 0 saturated heterocycles. The lowest BCUT2D eigenvalue weighted by molar-refractivity contribution is 0.575. The number of guanidine groups is 1. The zero-order valence-electron chi connectivity index (χ0n) is 15.2. The number of unbranched alkanes of at least 4 members (excludes halogenated alkanes) is 1. The Morgan fingerprint density at radius 3 is 2.58 bits per heavy atom. The van der Waals surface area contributed by atoms with Gasteiger partial charge in [0, 0.05) is 43.5 Å². The van der Waals surface area contributed by atoms with Gasteiger partial charge in [0.25, 0.3) is 5.56 Å².